The molecule has 1 rings (SSSR count). The zero-order chi connectivity index (χ0) is 22.6. The molecule has 0 spiro atoms. The fourth-order valence-electron chi connectivity index (χ4n) is 2.09. The van der Waals surface area contributed by atoms with Gasteiger partial charge in [-0.3, -0.25) is 10.1 Å². The first-order chi connectivity index (χ1) is 13.1. The maximum atomic E-state index is 12.6. The Kier molecular flexibility index (Phi) is 7.93. The SMILES string of the molecule is CC(C)N(C)S(=O)(=O)c1cccc(C(=O)O[C@@H](C)C(=O)NC(=O)NC(C)(C)C)c1. The number of esters is 1. The summed E-state index contributed by atoms with van der Waals surface area (Å²) in [6, 6.07) is 4.38. The van der Waals surface area contributed by atoms with Crippen LogP contribution in [0.4, 0.5) is 4.79 Å². The minimum absolute atomic E-state index is 0.0259. The Labute approximate surface area is 171 Å². The molecule has 162 valence electrons. The van der Waals surface area contributed by atoms with Crippen LogP contribution in [0, 0.1) is 0 Å². The number of urea groups is 1. The first-order valence-electron chi connectivity index (χ1n) is 9.07. The molecule has 1 aromatic rings. The quantitative estimate of drug-likeness (QED) is 0.669. The van der Waals surface area contributed by atoms with E-state index in [2.05, 4.69) is 10.6 Å². The lowest BCUT2D eigenvalue weighted by atomic mass is 10.1. The molecule has 0 aliphatic rings. The van der Waals surface area contributed by atoms with Gasteiger partial charge in [-0.2, -0.15) is 4.31 Å². The van der Waals surface area contributed by atoms with Crippen LogP contribution in [-0.4, -0.2) is 55.4 Å². The van der Waals surface area contributed by atoms with Gasteiger partial charge in [-0.15, -0.1) is 0 Å². The standard InChI is InChI=1S/C19H29N3O6S/c1-12(2)22(7)29(26,27)15-10-8-9-14(11-15)17(24)28-13(3)16(23)20-18(25)21-19(4,5)6/h8-13H,1-7H3,(H2,20,21,23,25)/t13-/m0/s1. The molecular formula is C19H29N3O6S. The number of hydrogen-bond acceptors (Lipinski definition) is 6. The fraction of sp³-hybridized carbons (Fsp3) is 0.526. The van der Waals surface area contributed by atoms with Crippen LogP contribution >= 0.6 is 0 Å². The number of imide groups is 1. The van der Waals surface area contributed by atoms with E-state index in [0.29, 0.717) is 0 Å². The third-order valence-electron chi connectivity index (χ3n) is 3.85. The van der Waals surface area contributed by atoms with Crippen LogP contribution < -0.4 is 10.6 Å². The molecule has 0 bridgehead atoms. The van der Waals surface area contributed by atoms with Gasteiger partial charge in [-0.25, -0.2) is 18.0 Å². The number of carbonyl (C=O) groups excluding carboxylic acids is 3. The van der Waals surface area contributed by atoms with Gasteiger partial charge in [-0.1, -0.05) is 6.07 Å². The first-order valence-corrected chi connectivity index (χ1v) is 10.5. The Bertz CT molecular complexity index is 874. The highest BCUT2D eigenvalue weighted by Crippen LogP contribution is 2.18. The van der Waals surface area contributed by atoms with Crippen molar-refractivity contribution in [2.75, 3.05) is 7.05 Å². The summed E-state index contributed by atoms with van der Waals surface area (Å²) in [6.45, 7) is 10.0. The zero-order valence-electron chi connectivity index (χ0n) is 17.8. The molecule has 0 aromatic heterocycles. The smallest absolute Gasteiger partial charge is 0.338 e. The van der Waals surface area contributed by atoms with Crippen LogP contribution in [0.5, 0.6) is 0 Å². The van der Waals surface area contributed by atoms with Gasteiger partial charge in [0, 0.05) is 18.6 Å². The summed E-state index contributed by atoms with van der Waals surface area (Å²) in [5.74, 6) is -1.68. The number of sulfonamides is 1. The van der Waals surface area contributed by atoms with Gasteiger partial charge in [0.25, 0.3) is 5.91 Å². The van der Waals surface area contributed by atoms with Gasteiger partial charge in [0.2, 0.25) is 10.0 Å². The van der Waals surface area contributed by atoms with Gasteiger partial charge in [0.05, 0.1) is 10.5 Å². The van der Waals surface area contributed by atoms with E-state index in [1.165, 1.54) is 42.5 Å². The van der Waals surface area contributed by atoms with Crippen LogP contribution in [-0.2, 0) is 19.6 Å². The molecule has 1 aromatic carbocycles. The van der Waals surface area contributed by atoms with Crippen molar-refractivity contribution in [1.82, 2.24) is 14.9 Å². The van der Waals surface area contributed by atoms with Gasteiger partial charge < -0.3 is 10.1 Å². The molecule has 0 radical (unpaired) electrons. The number of nitrogens with one attached hydrogen (secondary N) is 2. The first kappa shape index (κ1) is 24.6. The number of benzene rings is 1. The predicted molar refractivity (Wildman–Crippen MR) is 108 cm³/mol. The van der Waals surface area contributed by atoms with Crippen LogP contribution in [0.25, 0.3) is 0 Å². The van der Waals surface area contributed by atoms with Crippen LogP contribution in [0.2, 0.25) is 0 Å². The Balaban J connectivity index is 2.88. The van der Waals surface area contributed by atoms with E-state index in [1.54, 1.807) is 34.6 Å². The summed E-state index contributed by atoms with van der Waals surface area (Å²) in [5.41, 5.74) is -0.568. The van der Waals surface area contributed by atoms with Gasteiger partial charge in [0.15, 0.2) is 6.10 Å². The summed E-state index contributed by atoms with van der Waals surface area (Å²) in [7, 11) is -2.33. The van der Waals surface area contributed by atoms with Crippen LogP contribution in [0.15, 0.2) is 29.2 Å². The van der Waals surface area contributed by atoms with Crippen LogP contribution in [0.1, 0.15) is 51.9 Å². The van der Waals surface area contributed by atoms with Crippen molar-refractivity contribution in [2.45, 2.75) is 64.1 Å². The number of hydrogen-bond donors (Lipinski definition) is 2. The summed E-state index contributed by atoms with van der Waals surface area (Å²) < 4.78 is 31.4. The maximum absolute atomic E-state index is 12.6. The summed E-state index contributed by atoms with van der Waals surface area (Å²) in [6.07, 6.45) is -1.26. The molecular weight excluding hydrogens is 398 g/mol. The molecule has 2 N–H and O–H groups in total. The third kappa shape index (κ3) is 7.13. The zero-order valence-corrected chi connectivity index (χ0v) is 18.6. The van der Waals surface area contributed by atoms with Gasteiger partial charge >= 0.3 is 12.0 Å². The van der Waals surface area contributed by atoms with Crippen molar-refractivity contribution in [1.29, 1.82) is 0 Å². The third-order valence-corrected chi connectivity index (χ3v) is 5.88. The maximum Gasteiger partial charge on any atom is 0.338 e. The monoisotopic (exact) mass is 427 g/mol. The molecule has 0 saturated carbocycles. The number of ether oxygens (including phenoxy) is 1. The number of amides is 3. The Hall–Kier alpha value is -2.46. The number of carbonyl (C=O) groups is 3. The minimum Gasteiger partial charge on any atom is -0.449 e. The van der Waals surface area contributed by atoms with Crippen molar-refractivity contribution in [3.8, 4) is 0 Å². The van der Waals surface area contributed by atoms with Crippen molar-refractivity contribution in [3.05, 3.63) is 29.8 Å². The van der Waals surface area contributed by atoms with Crippen molar-refractivity contribution < 1.29 is 27.5 Å². The molecule has 29 heavy (non-hydrogen) atoms. The topological polar surface area (TPSA) is 122 Å². The second-order valence-electron chi connectivity index (χ2n) is 7.88. The van der Waals surface area contributed by atoms with E-state index in [0.717, 1.165) is 0 Å². The average Bonchev–Trinajstić information content (AvgIpc) is 2.59. The average molecular weight is 428 g/mol. The van der Waals surface area contributed by atoms with E-state index < -0.39 is 39.6 Å². The highest BCUT2D eigenvalue weighted by atomic mass is 32.2. The lowest BCUT2D eigenvalue weighted by molar-refractivity contribution is -0.127. The van der Waals surface area contributed by atoms with E-state index in [-0.39, 0.29) is 16.5 Å². The fourth-order valence-corrected chi connectivity index (χ4v) is 3.51. The number of rotatable bonds is 6. The molecule has 0 saturated heterocycles. The molecule has 0 aliphatic heterocycles. The molecule has 10 heteroatoms. The molecule has 0 aliphatic carbocycles. The summed E-state index contributed by atoms with van der Waals surface area (Å²) >= 11 is 0. The molecule has 1 atom stereocenters. The Morgan fingerprint density at radius 2 is 1.69 bits per heavy atom. The lowest BCUT2D eigenvalue weighted by Gasteiger charge is -2.21. The Morgan fingerprint density at radius 3 is 2.21 bits per heavy atom. The highest BCUT2D eigenvalue weighted by Gasteiger charge is 2.26. The molecule has 3 amide bonds. The molecule has 9 nitrogen and oxygen atoms in total. The van der Waals surface area contributed by atoms with Gasteiger partial charge in [0.1, 0.15) is 0 Å². The van der Waals surface area contributed by atoms with E-state index in [1.807, 2.05) is 0 Å². The van der Waals surface area contributed by atoms with Crippen molar-refractivity contribution in [3.63, 3.8) is 0 Å². The Morgan fingerprint density at radius 1 is 1.10 bits per heavy atom. The van der Waals surface area contributed by atoms with Crippen molar-refractivity contribution >= 4 is 27.9 Å². The largest absolute Gasteiger partial charge is 0.449 e. The second-order valence-corrected chi connectivity index (χ2v) is 9.88. The van der Waals surface area contributed by atoms with E-state index in [4.69, 9.17) is 4.74 Å². The molecule has 0 unspecified atom stereocenters. The highest BCUT2D eigenvalue weighted by molar-refractivity contribution is 7.89. The minimum atomic E-state index is -3.78. The molecule has 0 heterocycles. The van der Waals surface area contributed by atoms with E-state index in [9.17, 15) is 22.8 Å². The van der Waals surface area contributed by atoms with E-state index >= 15 is 0 Å². The molecule has 0 fully saturated rings. The summed E-state index contributed by atoms with van der Waals surface area (Å²) in [5, 5.41) is 4.64. The van der Waals surface area contributed by atoms with Crippen LogP contribution in [0.3, 0.4) is 0 Å². The summed E-state index contributed by atoms with van der Waals surface area (Å²) in [4.78, 5) is 36.1. The number of nitrogens with zero attached hydrogens (tertiary/aromatic N) is 1. The van der Waals surface area contributed by atoms with Crippen molar-refractivity contribution in [2.24, 2.45) is 0 Å². The second kappa shape index (κ2) is 9.36. The lowest BCUT2D eigenvalue weighted by Crippen LogP contribution is -2.50. The van der Waals surface area contributed by atoms with Gasteiger partial charge in [-0.05, 0) is 59.7 Å². The predicted octanol–water partition coefficient (Wildman–Crippen LogP) is 1.89. The normalized spacial score (nSPS) is 13.1.